The van der Waals surface area contributed by atoms with Crippen LogP contribution < -0.4 is 5.32 Å². The van der Waals surface area contributed by atoms with Crippen molar-refractivity contribution in [3.8, 4) is 5.75 Å². The SMILES string of the molecule is C[C@H](NCc1ccc(O)c(F)c1)c1ccco1. The van der Waals surface area contributed by atoms with Crippen LogP contribution in [0.15, 0.2) is 41.0 Å². The maximum Gasteiger partial charge on any atom is 0.165 e. The molecule has 0 saturated heterocycles. The summed E-state index contributed by atoms with van der Waals surface area (Å²) in [4.78, 5) is 0. The number of nitrogens with one attached hydrogen (secondary N) is 1. The second-order valence-corrected chi connectivity index (χ2v) is 3.90. The summed E-state index contributed by atoms with van der Waals surface area (Å²) in [7, 11) is 0. The molecule has 0 amide bonds. The molecule has 0 spiro atoms. The van der Waals surface area contributed by atoms with Crippen molar-refractivity contribution in [2.45, 2.75) is 19.5 Å². The van der Waals surface area contributed by atoms with Gasteiger partial charge in [0, 0.05) is 6.54 Å². The number of aromatic hydroxyl groups is 1. The average molecular weight is 235 g/mol. The monoisotopic (exact) mass is 235 g/mol. The van der Waals surface area contributed by atoms with Gasteiger partial charge in [0.1, 0.15) is 5.76 Å². The molecular formula is C13H14FNO2. The number of furan rings is 1. The van der Waals surface area contributed by atoms with Crippen LogP contribution in [0.5, 0.6) is 5.75 Å². The molecule has 1 aromatic heterocycles. The molecular weight excluding hydrogens is 221 g/mol. The Hall–Kier alpha value is -1.81. The Morgan fingerprint density at radius 1 is 1.41 bits per heavy atom. The first-order valence-corrected chi connectivity index (χ1v) is 5.41. The molecule has 0 radical (unpaired) electrons. The first-order chi connectivity index (χ1) is 8.16. The summed E-state index contributed by atoms with van der Waals surface area (Å²) in [6, 6.07) is 8.12. The quantitative estimate of drug-likeness (QED) is 0.856. The van der Waals surface area contributed by atoms with Crippen LogP contribution >= 0.6 is 0 Å². The maximum absolute atomic E-state index is 13.1. The highest BCUT2D eigenvalue weighted by molar-refractivity contribution is 5.28. The molecule has 0 bridgehead atoms. The standard InChI is InChI=1S/C13H14FNO2/c1-9(13-3-2-6-17-13)15-8-10-4-5-12(16)11(14)7-10/h2-7,9,15-16H,8H2,1H3/t9-/m0/s1. The van der Waals surface area contributed by atoms with E-state index in [0.717, 1.165) is 11.3 Å². The van der Waals surface area contributed by atoms with Crippen molar-refractivity contribution in [3.63, 3.8) is 0 Å². The average Bonchev–Trinajstić information content (AvgIpc) is 2.84. The van der Waals surface area contributed by atoms with E-state index in [2.05, 4.69) is 5.32 Å². The number of phenolic OH excluding ortho intramolecular Hbond substituents is 1. The molecule has 1 aromatic carbocycles. The van der Waals surface area contributed by atoms with Gasteiger partial charge in [0.05, 0.1) is 12.3 Å². The number of benzene rings is 1. The maximum atomic E-state index is 13.1. The van der Waals surface area contributed by atoms with Gasteiger partial charge in [-0.25, -0.2) is 4.39 Å². The third-order valence-corrected chi connectivity index (χ3v) is 2.59. The number of phenols is 1. The van der Waals surface area contributed by atoms with Crippen molar-refractivity contribution in [3.05, 3.63) is 53.7 Å². The van der Waals surface area contributed by atoms with Crippen molar-refractivity contribution in [2.75, 3.05) is 0 Å². The van der Waals surface area contributed by atoms with E-state index in [1.165, 1.54) is 12.1 Å². The third-order valence-electron chi connectivity index (χ3n) is 2.59. The first-order valence-electron chi connectivity index (χ1n) is 5.41. The molecule has 0 aliphatic carbocycles. The van der Waals surface area contributed by atoms with Gasteiger partial charge in [0.2, 0.25) is 0 Å². The minimum absolute atomic E-state index is 0.0573. The summed E-state index contributed by atoms with van der Waals surface area (Å²) in [5.41, 5.74) is 0.777. The van der Waals surface area contributed by atoms with E-state index in [4.69, 9.17) is 9.52 Å². The van der Waals surface area contributed by atoms with E-state index in [1.807, 2.05) is 19.1 Å². The van der Waals surface area contributed by atoms with Crippen LogP contribution in [0.1, 0.15) is 24.3 Å². The minimum atomic E-state index is -0.602. The van der Waals surface area contributed by atoms with Gasteiger partial charge in [-0.3, -0.25) is 0 Å². The fraction of sp³-hybridized carbons (Fsp3) is 0.231. The summed E-state index contributed by atoms with van der Waals surface area (Å²) < 4.78 is 18.3. The predicted molar refractivity (Wildman–Crippen MR) is 62.0 cm³/mol. The Balaban J connectivity index is 1.96. The molecule has 17 heavy (non-hydrogen) atoms. The summed E-state index contributed by atoms with van der Waals surface area (Å²) in [6.45, 7) is 2.48. The lowest BCUT2D eigenvalue weighted by Gasteiger charge is -2.11. The van der Waals surface area contributed by atoms with Gasteiger partial charge >= 0.3 is 0 Å². The minimum Gasteiger partial charge on any atom is -0.505 e. The molecule has 2 rings (SSSR count). The summed E-state index contributed by atoms with van der Waals surface area (Å²) >= 11 is 0. The lowest BCUT2D eigenvalue weighted by Crippen LogP contribution is -2.17. The molecule has 0 saturated carbocycles. The normalized spacial score (nSPS) is 12.6. The smallest absolute Gasteiger partial charge is 0.165 e. The van der Waals surface area contributed by atoms with Gasteiger partial charge in [-0.1, -0.05) is 6.07 Å². The van der Waals surface area contributed by atoms with Crippen molar-refractivity contribution in [1.82, 2.24) is 5.32 Å². The second-order valence-electron chi connectivity index (χ2n) is 3.90. The van der Waals surface area contributed by atoms with E-state index >= 15 is 0 Å². The fourth-order valence-electron chi connectivity index (χ4n) is 1.57. The molecule has 0 fully saturated rings. The lowest BCUT2D eigenvalue weighted by atomic mass is 10.2. The molecule has 1 atom stereocenters. The zero-order valence-electron chi connectivity index (χ0n) is 9.48. The second kappa shape index (κ2) is 5.01. The molecule has 2 N–H and O–H groups in total. The molecule has 0 aliphatic heterocycles. The van der Waals surface area contributed by atoms with E-state index in [9.17, 15) is 4.39 Å². The van der Waals surface area contributed by atoms with Gasteiger partial charge in [0.25, 0.3) is 0 Å². The van der Waals surface area contributed by atoms with Crippen LogP contribution in [0.4, 0.5) is 4.39 Å². The summed E-state index contributed by atoms with van der Waals surface area (Å²) in [5.74, 6) is -0.0907. The third kappa shape index (κ3) is 2.85. The molecule has 0 aliphatic rings. The van der Waals surface area contributed by atoms with Crippen molar-refractivity contribution >= 4 is 0 Å². The number of halogens is 1. The van der Waals surface area contributed by atoms with E-state index in [0.29, 0.717) is 6.54 Å². The number of rotatable bonds is 4. The zero-order valence-corrected chi connectivity index (χ0v) is 9.48. The largest absolute Gasteiger partial charge is 0.505 e. The number of hydrogen-bond donors (Lipinski definition) is 2. The molecule has 90 valence electrons. The lowest BCUT2D eigenvalue weighted by molar-refractivity contribution is 0.424. The highest BCUT2D eigenvalue weighted by Crippen LogP contribution is 2.17. The first kappa shape index (κ1) is 11.7. The van der Waals surface area contributed by atoms with E-state index in [1.54, 1.807) is 12.3 Å². The highest BCUT2D eigenvalue weighted by Gasteiger charge is 2.08. The van der Waals surface area contributed by atoms with Crippen LogP contribution in [0.2, 0.25) is 0 Å². The van der Waals surface area contributed by atoms with Crippen molar-refractivity contribution < 1.29 is 13.9 Å². The van der Waals surface area contributed by atoms with Crippen molar-refractivity contribution in [1.29, 1.82) is 0 Å². The van der Waals surface area contributed by atoms with Crippen LogP contribution in [0.3, 0.4) is 0 Å². The molecule has 4 heteroatoms. The van der Waals surface area contributed by atoms with Crippen LogP contribution in [-0.2, 0) is 6.54 Å². The van der Waals surface area contributed by atoms with Gasteiger partial charge < -0.3 is 14.8 Å². The summed E-state index contributed by atoms with van der Waals surface area (Å²) in [6.07, 6.45) is 1.62. The van der Waals surface area contributed by atoms with Crippen molar-refractivity contribution in [2.24, 2.45) is 0 Å². The Morgan fingerprint density at radius 3 is 2.88 bits per heavy atom. The fourth-order valence-corrected chi connectivity index (χ4v) is 1.57. The number of hydrogen-bond acceptors (Lipinski definition) is 3. The van der Waals surface area contributed by atoms with Gasteiger partial charge in [-0.05, 0) is 36.8 Å². The molecule has 1 heterocycles. The van der Waals surface area contributed by atoms with Gasteiger partial charge in [-0.15, -0.1) is 0 Å². The van der Waals surface area contributed by atoms with E-state index in [-0.39, 0.29) is 11.8 Å². The Kier molecular flexibility index (Phi) is 3.44. The van der Waals surface area contributed by atoms with Crippen LogP contribution in [-0.4, -0.2) is 5.11 Å². The Labute approximate surface area is 98.9 Å². The Bertz CT molecular complexity index is 482. The highest BCUT2D eigenvalue weighted by atomic mass is 19.1. The van der Waals surface area contributed by atoms with Crippen LogP contribution in [0, 0.1) is 5.82 Å². The molecule has 0 unspecified atom stereocenters. The Morgan fingerprint density at radius 2 is 2.24 bits per heavy atom. The summed E-state index contributed by atoms with van der Waals surface area (Å²) in [5, 5.41) is 12.3. The molecule has 3 nitrogen and oxygen atoms in total. The molecule has 2 aromatic rings. The van der Waals surface area contributed by atoms with Gasteiger partial charge in [0.15, 0.2) is 11.6 Å². The van der Waals surface area contributed by atoms with Gasteiger partial charge in [-0.2, -0.15) is 0 Å². The predicted octanol–water partition coefficient (Wildman–Crippen LogP) is 2.98. The van der Waals surface area contributed by atoms with E-state index < -0.39 is 5.82 Å². The zero-order chi connectivity index (χ0) is 12.3. The topological polar surface area (TPSA) is 45.4 Å². The van der Waals surface area contributed by atoms with Crippen LogP contribution in [0.25, 0.3) is 0 Å².